The molecule has 5 nitrogen and oxygen atoms in total. The van der Waals surface area contributed by atoms with Crippen LogP contribution in [0.3, 0.4) is 0 Å². The highest BCUT2D eigenvalue weighted by Crippen LogP contribution is 2.28. The van der Waals surface area contributed by atoms with Crippen LogP contribution in [0, 0.1) is 13.8 Å². The second-order valence-corrected chi connectivity index (χ2v) is 4.87. The number of nitrogens with one attached hydrogen (secondary N) is 2. The highest BCUT2D eigenvalue weighted by atomic mass is 15.1. The average molecular weight is 279 g/mol. The lowest BCUT2D eigenvalue weighted by atomic mass is 10.1. The summed E-state index contributed by atoms with van der Waals surface area (Å²) in [6.45, 7) is 3.89. The number of nitrogens with zero attached hydrogens (tertiary/aromatic N) is 3. The van der Waals surface area contributed by atoms with E-state index in [0.717, 1.165) is 39.5 Å². The number of rotatable bonds is 3. The van der Waals surface area contributed by atoms with E-state index in [1.165, 1.54) is 0 Å². The molecule has 3 aromatic rings. The molecule has 0 fully saturated rings. The summed E-state index contributed by atoms with van der Waals surface area (Å²) in [6, 6.07) is 8.09. The third kappa shape index (κ3) is 2.50. The van der Waals surface area contributed by atoms with Gasteiger partial charge < -0.3 is 10.6 Å². The van der Waals surface area contributed by atoms with Crippen molar-refractivity contribution in [2.75, 3.05) is 17.7 Å². The molecule has 0 atom stereocenters. The number of benzene rings is 1. The number of aromatic nitrogens is 3. The molecular weight excluding hydrogens is 262 g/mol. The maximum Gasteiger partial charge on any atom is 0.139 e. The van der Waals surface area contributed by atoms with Crippen molar-refractivity contribution in [2.45, 2.75) is 13.8 Å². The van der Waals surface area contributed by atoms with Crippen LogP contribution in [0.4, 0.5) is 17.3 Å². The summed E-state index contributed by atoms with van der Waals surface area (Å²) in [5.41, 5.74) is 2.01. The smallest absolute Gasteiger partial charge is 0.139 e. The van der Waals surface area contributed by atoms with Crippen LogP contribution in [-0.2, 0) is 0 Å². The van der Waals surface area contributed by atoms with E-state index >= 15 is 0 Å². The second kappa shape index (κ2) is 5.36. The molecule has 0 aliphatic carbocycles. The lowest BCUT2D eigenvalue weighted by Crippen LogP contribution is -2.05. The minimum Gasteiger partial charge on any atom is -0.373 e. The largest absolute Gasteiger partial charge is 0.373 e. The summed E-state index contributed by atoms with van der Waals surface area (Å²) >= 11 is 0. The van der Waals surface area contributed by atoms with Crippen molar-refractivity contribution in [2.24, 2.45) is 0 Å². The van der Waals surface area contributed by atoms with Crippen LogP contribution < -0.4 is 10.6 Å². The molecular formula is C16H17N5. The van der Waals surface area contributed by atoms with Crippen molar-refractivity contribution in [1.29, 1.82) is 0 Å². The van der Waals surface area contributed by atoms with Crippen LogP contribution in [-0.4, -0.2) is 22.0 Å². The van der Waals surface area contributed by atoms with Crippen LogP contribution in [0.2, 0.25) is 0 Å². The molecule has 2 heterocycles. The number of aryl methyl sites for hydroxylation is 1. The average Bonchev–Trinajstić information content (AvgIpc) is 2.51. The fourth-order valence-corrected chi connectivity index (χ4v) is 2.35. The van der Waals surface area contributed by atoms with Crippen molar-refractivity contribution in [3.8, 4) is 0 Å². The van der Waals surface area contributed by atoms with Gasteiger partial charge in [0.15, 0.2) is 0 Å². The Bertz CT molecular complexity index is 793. The third-order valence-corrected chi connectivity index (χ3v) is 3.43. The van der Waals surface area contributed by atoms with Crippen LogP contribution in [0.1, 0.15) is 11.4 Å². The van der Waals surface area contributed by atoms with Crippen molar-refractivity contribution in [1.82, 2.24) is 15.0 Å². The van der Waals surface area contributed by atoms with Gasteiger partial charge in [-0.1, -0.05) is 12.1 Å². The summed E-state index contributed by atoms with van der Waals surface area (Å²) in [6.07, 6.45) is 3.66. The van der Waals surface area contributed by atoms with Crippen LogP contribution >= 0.6 is 0 Å². The first-order chi connectivity index (χ1) is 10.2. The van der Waals surface area contributed by atoms with Crippen LogP contribution in [0.5, 0.6) is 0 Å². The zero-order valence-electron chi connectivity index (χ0n) is 12.3. The minimum absolute atomic E-state index is 0.731. The standard InChI is InChI=1S/C16H17N5/c1-10-15(17-3)19-11(2)20-16(10)21-14-6-4-5-12-9-18-8-7-13(12)14/h4-9H,1-3H3,(H2,17,19,20,21). The summed E-state index contributed by atoms with van der Waals surface area (Å²) in [5.74, 6) is 2.39. The molecule has 5 heteroatoms. The maximum absolute atomic E-state index is 4.51. The monoisotopic (exact) mass is 279 g/mol. The number of hydrogen-bond donors (Lipinski definition) is 2. The first-order valence-corrected chi connectivity index (χ1v) is 6.82. The zero-order chi connectivity index (χ0) is 14.8. The zero-order valence-corrected chi connectivity index (χ0v) is 12.3. The molecule has 0 unspecified atom stereocenters. The molecule has 0 aliphatic heterocycles. The fourth-order valence-electron chi connectivity index (χ4n) is 2.35. The Morgan fingerprint density at radius 1 is 1.00 bits per heavy atom. The Kier molecular flexibility index (Phi) is 3.39. The minimum atomic E-state index is 0.731. The van der Waals surface area contributed by atoms with Gasteiger partial charge in [0.25, 0.3) is 0 Å². The van der Waals surface area contributed by atoms with Gasteiger partial charge in [-0.2, -0.15) is 0 Å². The van der Waals surface area contributed by atoms with E-state index in [1.54, 1.807) is 6.20 Å². The van der Waals surface area contributed by atoms with Crippen molar-refractivity contribution in [3.63, 3.8) is 0 Å². The predicted molar refractivity (Wildman–Crippen MR) is 86.1 cm³/mol. The Morgan fingerprint density at radius 3 is 2.62 bits per heavy atom. The van der Waals surface area contributed by atoms with Crippen molar-refractivity contribution >= 4 is 28.1 Å². The Morgan fingerprint density at radius 2 is 1.81 bits per heavy atom. The molecule has 0 radical (unpaired) electrons. The molecule has 0 amide bonds. The molecule has 1 aromatic carbocycles. The highest BCUT2D eigenvalue weighted by molar-refractivity contribution is 5.94. The molecule has 106 valence electrons. The number of anilines is 3. The van der Waals surface area contributed by atoms with Crippen LogP contribution in [0.15, 0.2) is 36.7 Å². The Labute approximate surface area is 123 Å². The van der Waals surface area contributed by atoms with Gasteiger partial charge in [-0.15, -0.1) is 0 Å². The lowest BCUT2D eigenvalue weighted by Gasteiger charge is -2.14. The van der Waals surface area contributed by atoms with Gasteiger partial charge in [0.1, 0.15) is 17.5 Å². The molecule has 2 aromatic heterocycles. The van der Waals surface area contributed by atoms with Crippen LogP contribution in [0.25, 0.3) is 10.8 Å². The Hall–Kier alpha value is -2.69. The summed E-state index contributed by atoms with van der Waals surface area (Å²) in [5, 5.41) is 8.73. The van der Waals surface area contributed by atoms with E-state index in [2.05, 4.69) is 25.6 Å². The van der Waals surface area contributed by atoms with Gasteiger partial charge >= 0.3 is 0 Å². The van der Waals surface area contributed by atoms with Gasteiger partial charge in [-0.25, -0.2) is 9.97 Å². The second-order valence-electron chi connectivity index (χ2n) is 4.87. The van der Waals surface area contributed by atoms with Gasteiger partial charge in [-0.3, -0.25) is 4.98 Å². The van der Waals surface area contributed by atoms with Gasteiger partial charge in [0.05, 0.1) is 0 Å². The first kappa shape index (κ1) is 13.3. The molecule has 0 bridgehead atoms. The van der Waals surface area contributed by atoms with Crippen molar-refractivity contribution < 1.29 is 0 Å². The molecule has 0 saturated carbocycles. The van der Waals surface area contributed by atoms with Gasteiger partial charge in [0, 0.05) is 41.5 Å². The van der Waals surface area contributed by atoms with E-state index < -0.39 is 0 Å². The Balaban J connectivity index is 2.09. The molecule has 0 saturated heterocycles. The van der Waals surface area contributed by atoms with E-state index in [1.807, 2.05) is 51.4 Å². The van der Waals surface area contributed by atoms with Gasteiger partial charge in [-0.05, 0) is 26.0 Å². The molecule has 0 spiro atoms. The number of pyridine rings is 1. The fraction of sp³-hybridized carbons (Fsp3) is 0.188. The number of fused-ring (bicyclic) bond motifs is 1. The highest BCUT2D eigenvalue weighted by Gasteiger charge is 2.09. The molecule has 21 heavy (non-hydrogen) atoms. The topological polar surface area (TPSA) is 62.7 Å². The summed E-state index contributed by atoms with van der Waals surface area (Å²) in [7, 11) is 1.86. The molecule has 3 rings (SSSR count). The normalized spacial score (nSPS) is 10.6. The number of hydrogen-bond acceptors (Lipinski definition) is 5. The lowest BCUT2D eigenvalue weighted by molar-refractivity contribution is 1.04. The van der Waals surface area contributed by atoms with E-state index in [-0.39, 0.29) is 0 Å². The third-order valence-electron chi connectivity index (χ3n) is 3.43. The summed E-state index contributed by atoms with van der Waals surface area (Å²) in [4.78, 5) is 13.0. The molecule has 2 N–H and O–H groups in total. The quantitative estimate of drug-likeness (QED) is 0.769. The van der Waals surface area contributed by atoms with E-state index in [0.29, 0.717) is 0 Å². The predicted octanol–water partition coefficient (Wildman–Crippen LogP) is 3.43. The molecule has 0 aliphatic rings. The van der Waals surface area contributed by atoms with E-state index in [9.17, 15) is 0 Å². The van der Waals surface area contributed by atoms with Gasteiger partial charge in [0.2, 0.25) is 0 Å². The van der Waals surface area contributed by atoms with E-state index in [4.69, 9.17) is 0 Å². The van der Waals surface area contributed by atoms with Crippen molar-refractivity contribution in [3.05, 3.63) is 48.0 Å². The first-order valence-electron chi connectivity index (χ1n) is 6.82. The summed E-state index contributed by atoms with van der Waals surface area (Å²) < 4.78 is 0. The maximum atomic E-state index is 4.51. The SMILES string of the molecule is CNc1nc(C)nc(Nc2cccc3cnccc23)c1C.